The first-order chi connectivity index (χ1) is 6.42. The minimum Gasteiger partial charge on any atom is -0.478 e. The van der Waals surface area contributed by atoms with E-state index in [2.05, 4.69) is 4.74 Å². The van der Waals surface area contributed by atoms with Crippen LogP contribution in [0, 0.1) is 0 Å². The molecule has 0 radical (unpaired) electrons. The van der Waals surface area contributed by atoms with Gasteiger partial charge in [0, 0.05) is 0 Å². The number of aliphatic carboxylic acids is 1. The monoisotopic (exact) mass is 203 g/mol. The number of rotatable bonds is 6. The first kappa shape index (κ1) is 12.7. The molecule has 0 aliphatic heterocycles. The number of primary amides is 1. The largest absolute Gasteiger partial charge is 0.478 e. The summed E-state index contributed by atoms with van der Waals surface area (Å²) >= 11 is 0. The molecule has 0 aliphatic carbocycles. The van der Waals surface area contributed by atoms with Crippen molar-refractivity contribution in [3.05, 3.63) is 0 Å². The van der Waals surface area contributed by atoms with Gasteiger partial charge in [-0.15, -0.1) is 0 Å². The Bertz CT molecular complexity index is 217. The lowest BCUT2D eigenvalue weighted by Crippen LogP contribution is -2.41. The summed E-state index contributed by atoms with van der Waals surface area (Å²) in [5.41, 5.74) is 3.31. The van der Waals surface area contributed by atoms with Crippen molar-refractivity contribution in [1.29, 1.82) is 0 Å². The maximum absolute atomic E-state index is 10.8. The van der Waals surface area contributed by atoms with E-state index in [0.29, 0.717) is 12.8 Å². The third-order valence-corrected chi connectivity index (χ3v) is 2.04. The smallest absolute Gasteiger partial charge is 0.405 e. The number of carboxylic acids is 1. The van der Waals surface area contributed by atoms with Crippen LogP contribution < -0.4 is 5.73 Å². The fraction of sp³-hybridized carbons (Fsp3) is 0.778. The van der Waals surface area contributed by atoms with E-state index in [-0.39, 0.29) is 0 Å². The van der Waals surface area contributed by atoms with Crippen molar-refractivity contribution in [3.8, 4) is 0 Å². The molecular formula is C9H17NO4. The summed E-state index contributed by atoms with van der Waals surface area (Å²) in [4.78, 5) is 21.3. The van der Waals surface area contributed by atoms with Crippen molar-refractivity contribution in [1.82, 2.24) is 0 Å². The number of unbranched alkanes of at least 4 members (excludes halogenated alkanes) is 2. The predicted molar refractivity (Wildman–Crippen MR) is 50.9 cm³/mol. The third-order valence-electron chi connectivity index (χ3n) is 2.04. The van der Waals surface area contributed by atoms with Crippen LogP contribution in [0.5, 0.6) is 0 Å². The molecule has 1 unspecified atom stereocenters. The molecule has 5 nitrogen and oxygen atoms in total. The first-order valence-electron chi connectivity index (χ1n) is 4.64. The molecule has 0 saturated carbocycles. The van der Waals surface area contributed by atoms with E-state index in [1.54, 1.807) is 0 Å². The standard InChI is InChI=1S/C9H17NO4/c1-3-4-5-6-9(2,7(11)12)14-8(10)13/h3-6H2,1-2H3,(H2,10,13)(H,11,12). The maximum atomic E-state index is 10.8. The molecule has 0 aromatic carbocycles. The zero-order chi connectivity index (χ0) is 11.2. The molecule has 0 heterocycles. The number of amides is 1. The highest BCUT2D eigenvalue weighted by molar-refractivity contribution is 5.80. The predicted octanol–water partition coefficient (Wildman–Crippen LogP) is 1.51. The Labute approximate surface area is 83.2 Å². The number of carbonyl (C=O) groups is 2. The van der Waals surface area contributed by atoms with Crippen LogP contribution >= 0.6 is 0 Å². The number of carboxylic acid groups (broad SMARTS) is 1. The maximum Gasteiger partial charge on any atom is 0.405 e. The number of carbonyl (C=O) groups excluding carboxylic acids is 1. The minimum absolute atomic E-state index is 0.291. The second-order valence-electron chi connectivity index (χ2n) is 3.41. The number of hydrogen-bond donors (Lipinski definition) is 2. The third kappa shape index (κ3) is 4.11. The summed E-state index contributed by atoms with van der Waals surface area (Å²) in [6, 6.07) is 0. The van der Waals surface area contributed by atoms with E-state index in [4.69, 9.17) is 10.8 Å². The lowest BCUT2D eigenvalue weighted by Gasteiger charge is -2.23. The van der Waals surface area contributed by atoms with Gasteiger partial charge in [0.15, 0.2) is 0 Å². The highest BCUT2D eigenvalue weighted by Crippen LogP contribution is 2.19. The van der Waals surface area contributed by atoms with Crippen LogP contribution in [0.4, 0.5) is 4.79 Å². The van der Waals surface area contributed by atoms with Crippen molar-refractivity contribution in [3.63, 3.8) is 0 Å². The Morgan fingerprint density at radius 2 is 2.00 bits per heavy atom. The van der Waals surface area contributed by atoms with Gasteiger partial charge < -0.3 is 15.6 Å². The molecule has 0 rings (SSSR count). The summed E-state index contributed by atoms with van der Waals surface area (Å²) in [6.07, 6.45) is 1.83. The molecule has 0 fully saturated rings. The normalized spacial score (nSPS) is 14.4. The van der Waals surface area contributed by atoms with E-state index in [1.165, 1.54) is 6.92 Å². The molecule has 0 bridgehead atoms. The second kappa shape index (κ2) is 5.47. The van der Waals surface area contributed by atoms with Crippen molar-refractivity contribution in [2.45, 2.75) is 45.1 Å². The Morgan fingerprint density at radius 1 is 1.43 bits per heavy atom. The Morgan fingerprint density at radius 3 is 2.36 bits per heavy atom. The highest BCUT2D eigenvalue weighted by atomic mass is 16.6. The van der Waals surface area contributed by atoms with Gasteiger partial charge in [-0.2, -0.15) is 0 Å². The Balaban J connectivity index is 4.24. The average molecular weight is 203 g/mol. The molecule has 0 aromatic rings. The van der Waals surface area contributed by atoms with Crippen LogP contribution in [-0.4, -0.2) is 22.8 Å². The van der Waals surface area contributed by atoms with Crippen LogP contribution in [0.15, 0.2) is 0 Å². The van der Waals surface area contributed by atoms with Crippen molar-refractivity contribution in [2.24, 2.45) is 5.73 Å². The van der Waals surface area contributed by atoms with E-state index in [1.807, 2.05) is 6.92 Å². The Kier molecular flexibility index (Phi) is 4.97. The lowest BCUT2D eigenvalue weighted by atomic mass is 9.98. The highest BCUT2D eigenvalue weighted by Gasteiger charge is 2.36. The van der Waals surface area contributed by atoms with E-state index >= 15 is 0 Å². The van der Waals surface area contributed by atoms with Crippen LogP contribution in [-0.2, 0) is 9.53 Å². The molecule has 0 spiro atoms. The van der Waals surface area contributed by atoms with Gasteiger partial charge in [-0.3, -0.25) is 0 Å². The van der Waals surface area contributed by atoms with Gasteiger partial charge in [0.2, 0.25) is 5.60 Å². The van der Waals surface area contributed by atoms with E-state index < -0.39 is 17.7 Å². The van der Waals surface area contributed by atoms with Crippen molar-refractivity contribution < 1.29 is 19.4 Å². The lowest BCUT2D eigenvalue weighted by molar-refractivity contribution is -0.157. The topological polar surface area (TPSA) is 89.6 Å². The fourth-order valence-corrected chi connectivity index (χ4v) is 1.14. The van der Waals surface area contributed by atoms with Crippen LogP contribution in [0.25, 0.3) is 0 Å². The molecule has 82 valence electrons. The van der Waals surface area contributed by atoms with Gasteiger partial charge in [-0.05, 0) is 19.8 Å². The van der Waals surface area contributed by atoms with E-state index in [9.17, 15) is 9.59 Å². The summed E-state index contributed by atoms with van der Waals surface area (Å²) in [5, 5.41) is 8.85. The zero-order valence-electron chi connectivity index (χ0n) is 8.58. The zero-order valence-corrected chi connectivity index (χ0v) is 8.58. The summed E-state index contributed by atoms with van der Waals surface area (Å²) in [6.45, 7) is 3.36. The molecule has 3 N–H and O–H groups in total. The number of nitrogens with two attached hydrogens (primary N) is 1. The summed E-state index contributed by atoms with van der Waals surface area (Å²) in [7, 11) is 0. The van der Waals surface area contributed by atoms with Gasteiger partial charge in [0.25, 0.3) is 0 Å². The number of hydrogen-bond acceptors (Lipinski definition) is 3. The molecule has 0 saturated heterocycles. The molecular weight excluding hydrogens is 186 g/mol. The number of ether oxygens (including phenoxy) is 1. The summed E-state index contributed by atoms with van der Waals surface area (Å²) in [5.74, 6) is -1.16. The summed E-state index contributed by atoms with van der Waals surface area (Å²) < 4.78 is 4.59. The SMILES string of the molecule is CCCCCC(C)(OC(N)=O)C(=O)O. The Hall–Kier alpha value is -1.26. The van der Waals surface area contributed by atoms with Crippen LogP contribution in [0.2, 0.25) is 0 Å². The van der Waals surface area contributed by atoms with Gasteiger partial charge in [0.1, 0.15) is 0 Å². The molecule has 1 atom stereocenters. The molecule has 1 amide bonds. The molecule has 0 aromatic heterocycles. The van der Waals surface area contributed by atoms with Gasteiger partial charge in [-0.25, -0.2) is 9.59 Å². The van der Waals surface area contributed by atoms with Crippen molar-refractivity contribution in [2.75, 3.05) is 0 Å². The molecule has 0 aliphatic rings. The quantitative estimate of drug-likeness (QED) is 0.640. The fourth-order valence-electron chi connectivity index (χ4n) is 1.14. The molecule has 14 heavy (non-hydrogen) atoms. The van der Waals surface area contributed by atoms with Gasteiger partial charge in [0.05, 0.1) is 0 Å². The average Bonchev–Trinajstić information content (AvgIpc) is 2.03. The van der Waals surface area contributed by atoms with Crippen molar-refractivity contribution >= 4 is 12.1 Å². The van der Waals surface area contributed by atoms with Crippen LogP contribution in [0.1, 0.15) is 39.5 Å². The first-order valence-corrected chi connectivity index (χ1v) is 4.64. The second-order valence-corrected chi connectivity index (χ2v) is 3.41. The van der Waals surface area contributed by atoms with E-state index in [0.717, 1.165) is 12.8 Å². The molecule has 5 heteroatoms. The van der Waals surface area contributed by atoms with Gasteiger partial charge in [-0.1, -0.05) is 19.8 Å². The van der Waals surface area contributed by atoms with Gasteiger partial charge >= 0.3 is 12.1 Å². The minimum atomic E-state index is -1.49. The van der Waals surface area contributed by atoms with Crippen LogP contribution in [0.3, 0.4) is 0 Å².